The van der Waals surface area contributed by atoms with Crippen LogP contribution in [0.5, 0.6) is 0 Å². The smallest absolute Gasteiger partial charge is 0.254 e. The van der Waals surface area contributed by atoms with Crippen molar-refractivity contribution < 1.29 is 9.59 Å². The highest BCUT2D eigenvalue weighted by molar-refractivity contribution is 5.98. The van der Waals surface area contributed by atoms with Crippen LogP contribution in [0.2, 0.25) is 0 Å². The average molecular weight is 263 g/mol. The fourth-order valence-electron chi connectivity index (χ4n) is 1.85. The summed E-state index contributed by atoms with van der Waals surface area (Å²) in [5.41, 5.74) is 7.70. The van der Waals surface area contributed by atoms with E-state index in [9.17, 15) is 9.59 Å². The van der Waals surface area contributed by atoms with Crippen molar-refractivity contribution in [1.82, 2.24) is 10.2 Å². The second-order valence-electron chi connectivity index (χ2n) is 4.35. The van der Waals surface area contributed by atoms with Crippen molar-refractivity contribution in [3.63, 3.8) is 0 Å². The number of nitrogens with zero attached hydrogens (tertiary/aromatic N) is 1. The van der Waals surface area contributed by atoms with E-state index in [1.807, 2.05) is 20.8 Å². The lowest BCUT2D eigenvalue weighted by atomic mass is 10.1. The number of anilines is 1. The van der Waals surface area contributed by atoms with Crippen LogP contribution in [0.15, 0.2) is 18.2 Å². The van der Waals surface area contributed by atoms with Crippen LogP contribution in [0.25, 0.3) is 0 Å². The van der Waals surface area contributed by atoms with Gasteiger partial charge in [0.25, 0.3) is 5.91 Å². The van der Waals surface area contributed by atoms with Crippen molar-refractivity contribution in [2.45, 2.75) is 20.8 Å². The Morgan fingerprint density at radius 3 is 2.53 bits per heavy atom. The first-order chi connectivity index (χ1) is 8.99. The molecule has 1 rings (SSSR count). The van der Waals surface area contributed by atoms with Gasteiger partial charge in [-0.15, -0.1) is 0 Å². The minimum absolute atomic E-state index is 0.0764. The summed E-state index contributed by atoms with van der Waals surface area (Å²) in [5.74, 6) is -0.294. The Balaban J connectivity index is 2.86. The Morgan fingerprint density at radius 2 is 2.00 bits per heavy atom. The maximum Gasteiger partial charge on any atom is 0.254 e. The van der Waals surface area contributed by atoms with E-state index in [-0.39, 0.29) is 18.4 Å². The van der Waals surface area contributed by atoms with E-state index in [4.69, 9.17) is 5.73 Å². The Hall–Kier alpha value is -2.04. The standard InChI is InChI=1S/C14H21N3O2/c1-4-16-13(18)9-17(5-2)14(19)12-7-6-11(15)8-10(12)3/h6-8H,4-5,9,15H2,1-3H3,(H,16,18). The zero-order valence-corrected chi connectivity index (χ0v) is 11.7. The third-order valence-corrected chi connectivity index (χ3v) is 2.86. The number of rotatable bonds is 5. The van der Waals surface area contributed by atoms with Gasteiger partial charge in [0, 0.05) is 24.3 Å². The van der Waals surface area contributed by atoms with E-state index >= 15 is 0 Å². The van der Waals surface area contributed by atoms with E-state index in [1.165, 1.54) is 4.90 Å². The molecule has 0 bridgehead atoms. The van der Waals surface area contributed by atoms with E-state index in [0.29, 0.717) is 24.3 Å². The summed E-state index contributed by atoms with van der Waals surface area (Å²) in [6.45, 7) is 6.66. The van der Waals surface area contributed by atoms with Gasteiger partial charge >= 0.3 is 0 Å². The molecular weight excluding hydrogens is 242 g/mol. The van der Waals surface area contributed by atoms with Gasteiger partial charge in [-0.3, -0.25) is 9.59 Å². The molecule has 19 heavy (non-hydrogen) atoms. The van der Waals surface area contributed by atoms with Crippen LogP contribution >= 0.6 is 0 Å². The van der Waals surface area contributed by atoms with Gasteiger partial charge in [0.2, 0.25) is 5.91 Å². The van der Waals surface area contributed by atoms with Crippen LogP contribution in [-0.4, -0.2) is 36.3 Å². The summed E-state index contributed by atoms with van der Waals surface area (Å²) in [5, 5.41) is 2.69. The molecule has 0 heterocycles. The zero-order chi connectivity index (χ0) is 14.4. The Labute approximate surface area is 113 Å². The van der Waals surface area contributed by atoms with Crippen molar-refractivity contribution in [2.24, 2.45) is 0 Å². The fourth-order valence-corrected chi connectivity index (χ4v) is 1.85. The third kappa shape index (κ3) is 3.98. The molecule has 0 radical (unpaired) electrons. The largest absolute Gasteiger partial charge is 0.399 e. The lowest BCUT2D eigenvalue weighted by molar-refractivity contribution is -0.121. The summed E-state index contributed by atoms with van der Waals surface area (Å²) in [6, 6.07) is 5.15. The van der Waals surface area contributed by atoms with Crippen LogP contribution in [0, 0.1) is 6.92 Å². The lowest BCUT2D eigenvalue weighted by Gasteiger charge is -2.21. The lowest BCUT2D eigenvalue weighted by Crippen LogP contribution is -2.40. The van der Waals surface area contributed by atoms with Gasteiger partial charge in [-0.25, -0.2) is 0 Å². The number of carbonyl (C=O) groups excluding carboxylic acids is 2. The Morgan fingerprint density at radius 1 is 1.32 bits per heavy atom. The molecule has 0 aliphatic rings. The number of benzene rings is 1. The summed E-state index contributed by atoms with van der Waals surface area (Å²) < 4.78 is 0. The second kappa shape index (κ2) is 6.78. The number of hydrogen-bond acceptors (Lipinski definition) is 3. The quantitative estimate of drug-likeness (QED) is 0.783. The molecule has 0 fully saturated rings. The maximum atomic E-state index is 12.4. The SMILES string of the molecule is CCNC(=O)CN(CC)C(=O)c1ccc(N)cc1C. The van der Waals surface area contributed by atoms with Crippen LogP contribution < -0.4 is 11.1 Å². The van der Waals surface area contributed by atoms with Crippen molar-refractivity contribution in [1.29, 1.82) is 0 Å². The minimum Gasteiger partial charge on any atom is -0.399 e. The third-order valence-electron chi connectivity index (χ3n) is 2.86. The number of carbonyl (C=O) groups is 2. The number of amides is 2. The minimum atomic E-state index is -0.147. The van der Waals surface area contributed by atoms with Crippen LogP contribution in [0.3, 0.4) is 0 Å². The second-order valence-corrected chi connectivity index (χ2v) is 4.35. The van der Waals surface area contributed by atoms with Crippen LogP contribution in [0.1, 0.15) is 29.8 Å². The highest BCUT2D eigenvalue weighted by Gasteiger charge is 2.18. The van der Waals surface area contributed by atoms with Crippen molar-refractivity contribution >= 4 is 17.5 Å². The number of hydrogen-bond donors (Lipinski definition) is 2. The Bertz CT molecular complexity index is 472. The van der Waals surface area contributed by atoms with Gasteiger partial charge < -0.3 is 16.0 Å². The molecule has 1 aromatic carbocycles. The fraction of sp³-hybridized carbons (Fsp3) is 0.429. The van der Waals surface area contributed by atoms with Crippen molar-refractivity contribution in [2.75, 3.05) is 25.4 Å². The number of nitrogens with two attached hydrogens (primary N) is 1. The molecule has 5 heteroatoms. The molecule has 0 unspecified atom stereocenters. The molecule has 0 spiro atoms. The van der Waals surface area contributed by atoms with E-state index < -0.39 is 0 Å². The number of nitrogens with one attached hydrogen (secondary N) is 1. The number of aryl methyl sites for hydroxylation is 1. The molecule has 2 amide bonds. The van der Waals surface area contributed by atoms with E-state index in [0.717, 1.165) is 5.56 Å². The number of likely N-dealkylation sites (N-methyl/N-ethyl adjacent to an activating group) is 2. The zero-order valence-electron chi connectivity index (χ0n) is 11.7. The predicted molar refractivity (Wildman–Crippen MR) is 75.9 cm³/mol. The monoisotopic (exact) mass is 263 g/mol. The van der Waals surface area contributed by atoms with Gasteiger partial charge in [-0.1, -0.05) is 0 Å². The Kier molecular flexibility index (Phi) is 5.36. The summed E-state index contributed by atoms with van der Waals surface area (Å²) in [4.78, 5) is 25.4. The average Bonchev–Trinajstić information content (AvgIpc) is 2.35. The molecule has 5 nitrogen and oxygen atoms in total. The first kappa shape index (κ1) is 15.0. The molecule has 3 N–H and O–H groups in total. The van der Waals surface area contributed by atoms with Crippen LogP contribution in [0.4, 0.5) is 5.69 Å². The highest BCUT2D eigenvalue weighted by atomic mass is 16.2. The van der Waals surface area contributed by atoms with Gasteiger partial charge in [0.05, 0.1) is 6.54 Å². The molecule has 0 atom stereocenters. The topological polar surface area (TPSA) is 75.4 Å². The van der Waals surface area contributed by atoms with Crippen molar-refractivity contribution in [3.05, 3.63) is 29.3 Å². The van der Waals surface area contributed by atoms with Crippen LogP contribution in [-0.2, 0) is 4.79 Å². The van der Waals surface area contributed by atoms with Gasteiger partial charge in [-0.05, 0) is 44.5 Å². The molecule has 104 valence electrons. The maximum absolute atomic E-state index is 12.4. The van der Waals surface area contributed by atoms with E-state index in [2.05, 4.69) is 5.32 Å². The number of nitrogen functional groups attached to an aromatic ring is 1. The van der Waals surface area contributed by atoms with E-state index in [1.54, 1.807) is 18.2 Å². The normalized spacial score (nSPS) is 10.1. The molecule has 0 aliphatic carbocycles. The van der Waals surface area contributed by atoms with Crippen molar-refractivity contribution in [3.8, 4) is 0 Å². The van der Waals surface area contributed by atoms with Gasteiger partial charge in [0.15, 0.2) is 0 Å². The summed E-state index contributed by atoms with van der Waals surface area (Å²) in [6.07, 6.45) is 0. The molecule has 0 aromatic heterocycles. The molecular formula is C14H21N3O2. The highest BCUT2D eigenvalue weighted by Crippen LogP contribution is 2.14. The summed E-state index contributed by atoms with van der Waals surface area (Å²) in [7, 11) is 0. The molecule has 0 aliphatic heterocycles. The molecule has 1 aromatic rings. The van der Waals surface area contributed by atoms with Gasteiger partial charge in [0.1, 0.15) is 0 Å². The summed E-state index contributed by atoms with van der Waals surface area (Å²) >= 11 is 0. The van der Waals surface area contributed by atoms with Gasteiger partial charge in [-0.2, -0.15) is 0 Å². The molecule has 0 saturated carbocycles. The first-order valence-corrected chi connectivity index (χ1v) is 6.41. The predicted octanol–water partition coefficient (Wildman–Crippen LogP) is 1.18. The molecule has 0 saturated heterocycles. The first-order valence-electron chi connectivity index (χ1n) is 6.41.